The first-order valence-electron chi connectivity index (χ1n) is 40.0. The van der Waals surface area contributed by atoms with Crippen molar-refractivity contribution in [1.82, 2.24) is 42.5 Å². The molecular formula is C85H95Cl3N10O28. The molecular weight excluding hydrogens is 1720 g/mol. The van der Waals surface area contributed by atoms with Crippen molar-refractivity contribution < 1.29 is 138 Å². The van der Waals surface area contributed by atoms with Gasteiger partial charge in [-0.15, -0.1) is 0 Å². The molecule has 7 aromatic rings. The standard InChI is InChI=1S/C85H95Cl3N10O28/c1-33(2)20-48(91-5)76(111)97-64-66(104)39-13-18-52(46(87)22-39)120-54-24-41-25-55(73(54)125-84-71(109)69(107)74(57(32-99)123-84)126-83-70(108)68(106)67(105)56(122-83)31-92-30-35-6-8-36(9-7-35)37-10-15-42(86)16-11-37)121-53-19-14-40(23-47(53)88)72(124-59-29-85(4,90)75(110)34(3)119-59)65-81(116)96-63(82(117)118)45-26-43(100)27-51(102)60(45)44-21-38(12-17-50(44)101)61(78(113)98-65)95-79(114)62(41)94-77(112)49(28-58(89)103)93-80(64)115/h6-19,21-27,33-34,48-49,56-57,59,61-72,74-75,83-84,91-92,99-102,104-110H,20,28-32,90H2,1-5H3,(H2,89,103)(H,93,115)(H,94,112)(H,95,114)(H,96,116)(H,97,111)(H,98,113)(H,117,118)/t34-,48+,49?,56+,57+,59?,61?,62+,63?,64?,65-,66+,67-,68-,69+,70+,71+,72+,74+,75-,83-,84-,85-/m0/s1. The molecule has 0 spiro atoms. The number of hydrogen-bond donors (Lipinski definition) is 22. The molecule has 7 aromatic carbocycles. The van der Waals surface area contributed by atoms with Crippen molar-refractivity contribution in [3.8, 4) is 68.2 Å². The largest absolute Gasteiger partial charge is 0.508 e. The van der Waals surface area contributed by atoms with Crippen LogP contribution >= 0.6 is 34.8 Å². The Morgan fingerprint density at radius 2 is 1.23 bits per heavy atom. The highest BCUT2D eigenvalue weighted by Crippen LogP contribution is 2.50. The Bertz CT molecular complexity index is 5250. The van der Waals surface area contributed by atoms with Gasteiger partial charge in [-0.1, -0.05) is 103 Å². The summed E-state index contributed by atoms with van der Waals surface area (Å²) in [5, 5.41) is 160. The molecule has 7 amide bonds. The number of nitrogens with two attached hydrogens (primary N) is 2. The van der Waals surface area contributed by atoms with Crippen molar-refractivity contribution in [2.24, 2.45) is 17.4 Å². The van der Waals surface area contributed by atoms with E-state index in [0.717, 1.165) is 83.4 Å². The number of phenols is 3. The van der Waals surface area contributed by atoms with Crippen LogP contribution in [0.15, 0.2) is 127 Å². The van der Waals surface area contributed by atoms with E-state index in [1.54, 1.807) is 26.0 Å². The highest BCUT2D eigenvalue weighted by molar-refractivity contribution is 6.32. The molecule has 8 heterocycles. The van der Waals surface area contributed by atoms with Crippen LogP contribution in [0.1, 0.15) is 111 Å². The van der Waals surface area contributed by atoms with Crippen LogP contribution in [0.4, 0.5) is 0 Å². The monoisotopic (exact) mass is 1810 g/mol. The van der Waals surface area contributed by atoms with Gasteiger partial charge in [0.1, 0.15) is 120 Å². The Hall–Kier alpha value is -10.7. The lowest BCUT2D eigenvalue weighted by Gasteiger charge is -2.46. The lowest BCUT2D eigenvalue weighted by atomic mass is 9.86. The Morgan fingerprint density at radius 1 is 0.627 bits per heavy atom. The van der Waals surface area contributed by atoms with Gasteiger partial charge in [-0.2, -0.15) is 0 Å². The first-order valence-corrected chi connectivity index (χ1v) is 41.1. The number of carbonyl (C=O) groups is 8. The van der Waals surface area contributed by atoms with Gasteiger partial charge in [0.25, 0.3) is 0 Å². The number of aliphatic hydroxyl groups is 8. The Labute approximate surface area is 733 Å². The lowest BCUT2D eigenvalue weighted by Crippen LogP contribution is -2.65. The van der Waals surface area contributed by atoms with Crippen molar-refractivity contribution in [3.63, 3.8) is 0 Å². The number of benzene rings is 7. The molecule has 23 atom stereocenters. The summed E-state index contributed by atoms with van der Waals surface area (Å²) >= 11 is 20.6. The zero-order valence-corrected chi connectivity index (χ0v) is 70.1. The molecule has 24 N–H and O–H groups in total. The maximum absolute atomic E-state index is 16.4. The number of rotatable bonds is 20. The van der Waals surface area contributed by atoms with Crippen molar-refractivity contribution in [3.05, 3.63) is 176 Å². The maximum Gasteiger partial charge on any atom is 0.330 e. The normalized spacial score (nSPS) is 29.6. The number of aliphatic hydroxyl groups excluding tert-OH is 8. The molecule has 5 unspecified atom stereocenters. The van der Waals surface area contributed by atoms with Crippen LogP contribution in [0.5, 0.6) is 46.0 Å². The minimum absolute atomic E-state index is 0.130. The Balaban J connectivity index is 0.962. The van der Waals surface area contributed by atoms with Gasteiger partial charge in [-0.05, 0) is 139 Å². The Morgan fingerprint density at radius 3 is 1.85 bits per heavy atom. The number of aromatic hydroxyl groups is 3. The third-order valence-electron chi connectivity index (χ3n) is 22.5. The topological polar surface area (TPSA) is 601 Å². The Kier molecular flexibility index (Phi) is 28.7. The summed E-state index contributed by atoms with van der Waals surface area (Å²) in [6.07, 6.45) is -29.1. The first kappa shape index (κ1) is 93.0. The fourth-order valence-corrected chi connectivity index (χ4v) is 16.4. The van der Waals surface area contributed by atoms with E-state index in [0.29, 0.717) is 5.02 Å². The van der Waals surface area contributed by atoms with Crippen LogP contribution in [-0.4, -0.2) is 238 Å². The van der Waals surface area contributed by atoms with E-state index < -0.39 is 284 Å². The summed E-state index contributed by atoms with van der Waals surface area (Å²) in [5.41, 5.74) is 10.6. The molecule has 0 saturated carbocycles. The molecule has 126 heavy (non-hydrogen) atoms. The zero-order chi connectivity index (χ0) is 90.9. The number of aliphatic carboxylic acids is 1. The van der Waals surface area contributed by atoms with Gasteiger partial charge >= 0.3 is 5.97 Å². The first-order chi connectivity index (χ1) is 59.8. The van der Waals surface area contributed by atoms with Crippen molar-refractivity contribution in [2.75, 3.05) is 20.2 Å². The molecule has 0 aliphatic carbocycles. The van der Waals surface area contributed by atoms with Crippen LogP contribution in [0.3, 0.4) is 0 Å². The van der Waals surface area contributed by atoms with Gasteiger partial charge in [0.15, 0.2) is 30.1 Å². The number of halogens is 3. The van der Waals surface area contributed by atoms with Crippen LogP contribution < -0.4 is 68.2 Å². The number of carboxylic acid groups (broad SMARTS) is 1. The number of primary amides is 1. The fourth-order valence-electron chi connectivity index (χ4n) is 15.8. The molecule has 8 aliphatic heterocycles. The maximum atomic E-state index is 16.4. The van der Waals surface area contributed by atoms with E-state index in [1.165, 1.54) is 33.0 Å². The minimum atomic E-state index is -2.42. The van der Waals surface area contributed by atoms with Gasteiger partial charge in [0, 0.05) is 52.8 Å². The molecule has 41 heteroatoms. The van der Waals surface area contributed by atoms with Gasteiger partial charge < -0.3 is 153 Å². The summed E-state index contributed by atoms with van der Waals surface area (Å²) < 4.78 is 51.3. The highest BCUT2D eigenvalue weighted by Gasteiger charge is 2.53. The number of amides is 7. The number of carboxylic acids is 1. The van der Waals surface area contributed by atoms with Crippen LogP contribution in [0, 0.1) is 5.92 Å². The number of fused-ring (bicyclic) bond motifs is 15. The molecule has 38 nitrogen and oxygen atoms in total. The molecule has 674 valence electrons. The average Bonchev–Trinajstić information content (AvgIpc) is 0.761. The summed E-state index contributed by atoms with van der Waals surface area (Å²) in [7, 11) is 1.46. The fraction of sp³-hybridized carbons (Fsp3) is 0.412. The van der Waals surface area contributed by atoms with Gasteiger partial charge in [0.2, 0.25) is 53.4 Å². The van der Waals surface area contributed by atoms with Crippen LogP contribution in [-0.2, 0) is 68.6 Å². The third-order valence-corrected chi connectivity index (χ3v) is 23.3. The summed E-state index contributed by atoms with van der Waals surface area (Å²) in [4.78, 5) is 120. The molecule has 3 saturated heterocycles. The second kappa shape index (κ2) is 38.9. The number of hydrogen-bond acceptors (Lipinski definition) is 30. The lowest BCUT2D eigenvalue weighted by molar-refractivity contribution is -0.350. The predicted octanol–water partition coefficient (Wildman–Crippen LogP) is 2.05. The average molecular weight is 1810 g/mol. The summed E-state index contributed by atoms with van der Waals surface area (Å²) in [6, 6.07) is 13.7. The molecule has 8 aliphatic rings. The van der Waals surface area contributed by atoms with Crippen molar-refractivity contribution in [2.45, 2.75) is 193 Å². The van der Waals surface area contributed by atoms with E-state index in [2.05, 4.69) is 42.5 Å². The highest BCUT2D eigenvalue weighted by atomic mass is 35.5. The smallest absolute Gasteiger partial charge is 0.330 e. The summed E-state index contributed by atoms with van der Waals surface area (Å²) in [5.74, 6) is -16.7. The van der Waals surface area contributed by atoms with E-state index in [1.807, 2.05) is 36.4 Å². The van der Waals surface area contributed by atoms with E-state index in [4.69, 9.17) is 84.2 Å². The predicted molar refractivity (Wildman–Crippen MR) is 443 cm³/mol. The molecule has 11 bridgehead atoms. The number of carbonyl (C=O) groups excluding carboxylic acids is 7. The zero-order valence-electron chi connectivity index (χ0n) is 67.8. The van der Waals surface area contributed by atoms with E-state index in [-0.39, 0.29) is 43.0 Å². The summed E-state index contributed by atoms with van der Waals surface area (Å²) in [6.45, 7) is 5.46. The van der Waals surface area contributed by atoms with Crippen molar-refractivity contribution >= 4 is 82.1 Å². The van der Waals surface area contributed by atoms with E-state index in [9.17, 15) is 75.7 Å². The number of nitrogens with one attached hydrogen (secondary N) is 8. The molecule has 0 aromatic heterocycles. The molecule has 0 radical (unpaired) electrons. The molecule has 15 rings (SSSR count). The second-order valence-corrected chi connectivity index (χ2v) is 33.4. The minimum Gasteiger partial charge on any atom is -0.508 e. The number of ether oxygens (including phenoxy) is 8. The quantitative estimate of drug-likeness (QED) is 0.0519. The van der Waals surface area contributed by atoms with Gasteiger partial charge in [0.05, 0.1) is 41.3 Å². The van der Waals surface area contributed by atoms with Gasteiger partial charge in [-0.3, -0.25) is 33.6 Å². The van der Waals surface area contributed by atoms with Crippen LogP contribution in [0.25, 0.3) is 22.3 Å². The SMILES string of the molecule is CN[C@H](CC(C)C)C(=O)NC1C(=O)NC(CC(N)=O)C(=O)N[C@H]2C(=O)NC3C(=O)N[C@H](C(=O)NC(C(=O)O)c4cc(O)cc(O)c4-c4cc3ccc4O)[C@H](OC3C[C@](C)(N)[C@@H](O)[C@H](C)O3)c3ccc(c(Cl)c3)Oc3cc2cc(c3O[C@@H]2O[C@H](CO)[C@@H](O[C@@H]3O[C@H](CNCc4ccc(-c5ccc(Cl)cc5)cc4)[C@H](O)[C@H](O)[C@H]3O)[C@H](O)[C@H]2O)Oc2ccc(cc2Cl)[C@H]1O. The van der Waals surface area contributed by atoms with Gasteiger partial charge in [-0.25, -0.2) is 4.79 Å². The number of likely N-dealkylation sites (N-methyl/N-ethyl adjacent to an activating group) is 1. The third kappa shape index (κ3) is 20.3. The van der Waals surface area contributed by atoms with Crippen molar-refractivity contribution in [1.29, 1.82) is 0 Å². The number of phenolic OH excluding ortho intramolecular Hbond substituents is 3. The molecule has 3 fully saturated rings. The second-order valence-electron chi connectivity index (χ2n) is 32.2. The van der Waals surface area contributed by atoms with E-state index >= 15 is 24.0 Å². The van der Waals surface area contributed by atoms with Crippen LogP contribution in [0.2, 0.25) is 15.1 Å².